The molecule has 0 fully saturated rings. The number of nitrogens with one attached hydrogen (secondary N) is 1. The maximum atomic E-state index is 13.8. The average Bonchev–Trinajstić information content (AvgIpc) is 2.48. The fourth-order valence-corrected chi connectivity index (χ4v) is 2.71. The second-order valence-corrected chi connectivity index (χ2v) is 6.24. The van der Waals surface area contributed by atoms with Crippen molar-refractivity contribution in [1.29, 1.82) is 0 Å². The molecule has 0 aliphatic heterocycles. The zero-order valence-corrected chi connectivity index (χ0v) is 13.7. The lowest BCUT2D eigenvalue weighted by molar-refractivity contribution is 0.480. The molecule has 21 heavy (non-hydrogen) atoms. The first kappa shape index (κ1) is 16.1. The largest absolute Gasteiger partial charge is 0.271 e. The summed E-state index contributed by atoms with van der Waals surface area (Å²) < 4.78 is 14.7. The van der Waals surface area contributed by atoms with Crippen molar-refractivity contribution in [3.05, 3.63) is 69.4 Å². The molecular formula is C17H20BrFN2. The Kier molecular flexibility index (Phi) is 5.91. The van der Waals surface area contributed by atoms with Crippen molar-refractivity contribution in [3.8, 4) is 0 Å². The number of hydrogen-bond acceptors (Lipinski definition) is 2. The van der Waals surface area contributed by atoms with Gasteiger partial charge in [-0.15, -0.1) is 0 Å². The molecule has 2 nitrogen and oxygen atoms in total. The number of benzene rings is 2. The third-order valence-electron chi connectivity index (χ3n) is 3.61. The molecule has 0 bridgehead atoms. The van der Waals surface area contributed by atoms with Gasteiger partial charge in [-0.05, 0) is 55.5 Å². The van der Waals surface area contributed by atoms with Crippen molar-refractivity contribution in [3.63, 3.8) is 0 Å². The van der Waals surface area contributed by atoms with Gasteiger partial charge in [-0.1, -0.05) is 45.8 Å². The van der Waals surface area contributed by atoms with Gasteiger partial charge in [0.05, 0.1) is 0 Å². The SMILES string of the molecule is Cc1ccc(CCC(Cc2cc(Br)ccc2F)NN)cc1. The molecule has 0 radical (unpaired) electrons. The van der Waals surface area contributed by atoms with Gasteiger partial charge in [0.1, 0.15) is 5.82 Å². The standard InChI is InChI=1S/C17H20BrFN2/c1-12-2-4-13(5-3-12)6-8-16(21-20)11-14-10-15(18)7-9-17(14)19/h2-5,7,9-10,16,21H,6,8,11,20H2,1H3. The van der Waals surface area contributed by atoms with Crippen LogP contribution in [0.2, 0.25) is 0 Å². The topological polar surface area (TPSA) is 38.0 Å². The van der Waals surface area contributed by atoms with E-state index in [1.54, 1.807) is 6.07 Å². The van der Waals surface area contributed by atoms with E-state index in [2.05, 4.69) is 52.5 Å². The van der Waals surface area contributed by atoms with E-state index in [0.29, 0.717) is 12.0 Å². The van der Waals surface area contributed by atoms with E-state index in [9.17, 15) is 4.39 Å². The monoisotopic (exact) mass is 350 g/mol. The summed E-state index contributed by atoms with van der Waals surface area (Å²) in [7, 11) is 0. The second-order valence-electron chi connectivity index (χ2n) is 5.33. The van der Waals surface area contributed by atoms with E-state index in [1.165, 1.54) is 17.2 Å². The molecule has 2 aromatic carbocycles. The van der Waals surface area contributed by atoms with Crippen LogP contribution in [0, 0.1) is 12.7 Å². The fourth-order valence-electron chi connectivity index (χ4n) is 2.31. The molecule has 0 aliphatic rings. The minimum atomic E-state index is -0.186. The van der Waals surface area contributed by atoms with Gasteiger partial charge in [-0.25, -0.2) is 4.39 Å². The molecule has 0 aliphatic carbocycles. The highest BCUT2D eigenvalue weighted by atomic mass is 79.9. The van der Waals surface area contributed by atoms with E-state index in [1.807, 2.05) is 6.07 Å². The number of rotatable bonds is 6. The van der Waals surface area contributed by atoms with Crippen molar-refractivity contribution in [2.45, 2.75) is 32.2 Å². The Morgan fingerprint density at radius 1 is 1.19 bits per heavy atom. The van der Waals surface area contributed by atoms with E-state index < -0.39 is 0 Å². The van der Waals surface area contributed by atoms with Crippen LogP contribution in [-0.4, -0.2) is 6.04 Å². The molecule has 0 saturated heterocycles. The van der Waals surface area contributed by atoms with E-state index in [-0.39, 0.29) is 11.9 Å². The van der Waals surface area contributed by atoms with Crippen LogP contribution in [-0.2, 0) is 12.8 Å². The van der Waals surface area contributed by atoms with Gasteiger partial charge in [-0.3, -0.25) is 11.3 Å². The van der Waals surface area contributed by atoms with Crippen LogP contribution < -0.4 is 11.3 Å². The summed E-state index contributed by atoms with van der Waals surface area (Å²) in [6.45, 7) is 2.07. The molecular weight excluding hydrogens is 331 g/mol. The van der Waals surface area contributed by atoms with Crippen molar-refractivity contribution < 1.29 is 4.39 Å². The minimum Gasteiger partial charge on any atom is -0.271 e. The fraction of sp³-hybridized carbons (Fsp3) is 0.294. The van der Waals surface area contributed by atoms with Crippen LogP contribution in [0.25, 0.3) is 0 Å². The molecule has 0 aromatic heterocycles. The number of halogens is 2. The molecule has 112 valence electrons. The maximum Gasteiger partial charge on any atom is 0.126 e. The van der Waals surface area contributed by atoms with Crippen LogP contribution in [0.3, 0.4) is 0 Å². The second kappa shape index (κ2) is 7.69. The van der Waals surface area contributed by atoms with Crippen LogP contribution in [0.5, 0.6) is 0 Å². The lowest BCUT2D eigenvalue weighted by Crippen LogP contribution is -2.37. The summed E-state index contributed by atoms with van der Waals surface area (Å²) in [5.74, 6) is 5.43. The summed E-state index contributed by atoms with van der Waals surface area (Å²) in [5, 5.41) is 0. The van der Waals surface area contributed by atoms with Gasteiger partial charge < -0.3 is 0 Å². The van der Waals surface area contributed by atoms with E-state index in [4.69, 9.17) is 5.84 Å². The quantitative estimate of drug-likeness (QED) is 0.612. The van der Waals surface area contributed by atoms with Crippen LogP contribution in [0.1, 0.15) is 23.1 Å². The minimum absolute atomic E-state index is 0.0510. The number of hydrazine groups is 1. The summed E-state index contributed by atoms with van der Waals surface area (Å²) in [4.78, 5) is 0. The predicted molar refractivity (Wildman–Crippen MR) is 88.4 cm³/mol. The van der Waals surface area contributed by atoms with Crippen LogP contribution in [0.4, 0.5) is 4.39 Å². The van der Waals surface area contributed by atoms with Gasteiger partial charge in [0, 0.05) is 10.5 Å². The van der Waals surface area contributed by atoms with Crippen molar-refractivity contribution >= 4 is 15.9 Å². The molecule has 0 spiro atoms. The molecule has 1 atom stereocenters. The van der Waals surface area contributed by atoms with Crippen LogP contribution >= 0.6 is 15.9 Å². The Morgan fingerprint density at radius 3 is 2.57 bits per heavy atom. The smallest absolute Gasteiger partial charge is 0.126 e. The molecule has 0 saturated carbocycles. The molecule has 4 heteroatoms. The number of hydrogen-bond donors (Lipinski definition) is 2. The third-order valence-corrected chi connectivity index (χ3v) is 4.11. The van der Waals surface area contributed by atoms with E-state index in [0.717, 1.165) is 17.3 Å². The van der Waals surface area contributed by atoms with Crippen molar-refractivity contribution in [2.75, 3.05) is 0 Å². The zero-order chi connectivity index (χ0) is 15.2. The Hall–Kier alpha value is -1.23. The highest BCUT2D eigenvalue weighted by molar-refractivity contribution is 9.10. The number of aryl methyl sites for hydroxylation is 2. The number of nitrogens with two attached hydrogens (primary N) is 1. The molecule has 0 amide bonds. The van der Waals surface area contributed by atoms with Crippen molar-refractivity contribution in [1.82, 2.24) is 5.43 Å². The Morgan fingerprint density at radius 2 is 1.90 bits per heavy atom. The van der Waals surface area contributed by atoms with Crippen molar-refractivity contribution in [2.24, 2.45) is 5.84 Å². The first-order valence-corrected chi connectivity index (χ1v) is 7.83. The van der Waals surface area contributed by atoms with Gasteiger partial charge in [0.25, 0.3) is 0 Å². The van der Waals surface area contributed by atoms with Crippen LogP contribution in [0.15, 0.2) is 46.9 Å². The highest BCUT2D eigenvalue weighted by Crippen LogP contribution is 2.18. The van der Waals surface area contributed by atoms with E-state index >= 15 is 0 Å². The van der Waals surface area contributed by atoms with Gasteiger partial charge in [0.2, 0.25) is 0 Å². The normalized spacial score (nSPS) is 12.4. The summed E-state index contributed by atoms with van der Waals surface area (Å²) in [6.07, 6.45) is 2.36. The maximum absolute atomic E-state index is 13.8. The lowest BCUT2D eigenvalue weighted by Gasteiger charge is -2.16. The highest BCUT2D eigenvalue weighted by Gasteiger charge is 2.11. The zero-order valence-electron chi connectivity index (χ0n) is 12.1. The molecule has 0 heterocycles. The lowest BCUT2D eigenvalue weighted by atomic mass is 9.99. The predicted octanol–water partition coefficient (Wildman–Crippen LogP) is 3.90. The third kappa shape index (κ3) is 4.92. The molecule has 1 unspecified atom stereocenters. The summed E-state index contributed by atoms with van der Waals surface area (Å²) in [6, 6.07) is 13.5. The first-order chi connectivity index (χ1) is 10.1. The Labute approximate surface area is 133 Å². The van der Waals surface area contributed by atoms with Gasteiger partial charge in [-0.2, -0.15) is 0 Å². The molecule has 3 N–H and O–H groups in total. The summed E-state index contributed by atoms with van der Waals surface area (Å²) in [5.41, 5.74) is 6.00. The Balaban J connectivity index is 1.96. The Bertz CT molecular complexity index is 584. The van der Waals surface area contributed by atoms with Gasteiger partial charge in [0.15, 0.2) is 0 Å². The molecule has 2 aromatic rings. The average molecular weight is 351 g/mol. The molecule has 2 rings (SSSR count). The van der Waals surface area contributed by atoms with Gasteiger partial charge >= 0.3 is 0 Å². The first-order valence-electron chi connectivity index (χ1n) is 7.04. The summed E-state index contributed by atoms with van der Waals surface area (Å²) >= 11 is 3.37.